The molecule has 0 unspecified atom stereocenters. The van der Waals surface area contributed by atoms with E-state index in [-0.39, 0.29) is 0 Å². The molecule has 0 amide bonds. The van der Waals surface area contributed by atoms with Crippen molar-refractivity contribution in [3.8, 4) is 23.1 Å². The van der Waals surface area contributed by atoms with Crippen LogP contribution < -0.4 is 9.46 Å². The second-order valence-corrected chi connectivity index (χ2v) is 7.48. The van der Waals surface area contributed by atoms with Crippen molar-refractivity contribution in [2.75, 3.05) is 18.1 Å². The van der Waals surface area contributed by atoms with Gasteiger partial charge in [-0.15, -0.1) is 0 Å². The second-order valence-electron chi connectivity index (χ2n) is 5.73. The van der Waals surface area contributed by atoms with E-state index in [1.165, 1.54) is 0 Å². The second kappa shape index (κ2) is 6.15. The SMILES string of the molecule is COc1ccc2c(C#N)c(-c3ccc(NS(C)(=O)=O)cc3)n(C)c2c1. The lowest BCUT2D eigenvalue weighted by Crippen LogP contribution is -2.09. The highest BCUT2D eigenvalue weighted by Crippen LogP contribution is 2.34. The smallest absolute Gasteiger partial charge is 0.229 e. The van der Waals surface area contributed by atoms with Crippen LogP contribution in [0.5, 0.6) is 5.75 Å². The zero-order valence-corrected chi connectivity index (χ0v) is 14.9. The molecule has 0 aliphatic carbocycles. The van der Waals surface area contributed by atoms with Gasteiger partial charge in [0, 0.05) is 24.2 Å². The number of aromatic nitrogens is 1. The number of nitriles is 1. The zero-order chi connectivity index (χ0) is 18.2. The number of anilines is 1. The molecule has 128 valence electrons. The van der Waals surface area contributed by atoms with Crippen LogP contribution in [0.1, 0.15) is 5.56 Å². The van der Waals surface area contributed by atoms with E-state index in [4.69, 9.17) is 4.74 Å². The number of hydrogen-bond acceptors (Lipinski definition) is 4. The Hall–Kier alpha value is -2.98. The normalized spacial score (nSPS) is 11.3. The summed E-state index contributed by atoms with van der Waals surface area (Å²) in [5.74, 6) is 0.719. The van der Waals surface area contributed by atoms with Gasteiger partial charge in [-0.2, -0.15) is 5.26 Å². The largest absolute Gasteiger partial charge is 0.497 e. The Labute approximate surface area is 146 Å². The number of sulfonamides is 1. The Morgan fingerprint density at radius 1 is 1.16 bits per heavy atom. The number of methoxy groups -OCH3 is 1. The molecule has 0 aliphatic rings. The molecule has 0 fully saturated rings. The first kappa shape index (κ1) is 16.9. The van der Waals surface area contributed by atoms with Crippen LogP contribution in [0.15, 0.2) is 42.5 Å². The van der Waals surface area contributed by atoms with Crippen LogP contribution in [0.4, 0.5) is 5.69 Å². The van der Waals surface area contributed by atoms with Crippen LogP contribution in [0.2, 0.25) is 0 Å². The van der Waals surface area contributed by atoms with Crippen molar-refractivity contribution in [3.63, 3.8) is 0 Å². The first-order valence-electron chi connectivity index (χ1n) is 7.49. The fourth-order valence-corrected chi connectivity index (χ4v) is 3.47. The first-order valence-corrected chi connectivity index (χ1v) is 9.38. The van der Waals surface area contributed by atoms with Crippen molar-refractivity contribution >= 4 is 26.6 Å². The quantitative estimate of drug-likeness (QED) is 0.779. The van der Waals surface area contributed by atoms with Gasteiger partial charge in [-0.25, -0.2) is 8.42 Å². The number of fused-ring (bicyclic) bond motifs is 1. The van der Waals surface area contributed by atoms with E-state index in [9.17, 15) is 13.7 Å². The third kappa shape index (κ3) is 3.16. The monoisotopic (exact) mass is 355 g/mol. The predicted octanol–water partition coefficient (Wildman–Crippen LogP) is 3.10. The van der Waals surface area contributed by atoms with Crippen LogP contribution in [-0.4, -0.2) is 26.4 Å². The summed E-state index contributed by atoms with van der Waals surface area (Å²) in [6, 6.07) is 14.8. The van der Waals surface area contributed by atoms with E-state index in [2.05, 4.69) is 10.8 Å². The molecule has 1 aromatic heterocycles. The Morgan fingerprint density at radius 3 is 2.40 bits per heavy atom. The molecular formula is C18H17N3O3S. The Morgan fingerprint density at radius 2 is 1.84 bits per heavy atom. The van der Waals surface area contributed by atoms with Gasteiger partial charge in [-0.05, 0) is 29.8 Å². The lowest BCUT2D eigenvalue weighted by molar-refractivity contribution is 0.415. The van der Waals surface area contributed by atoms with E-state index in [0.717, 1.165) is 34.2 Å². The van der Waals surface area contributed by atoms with Crippen LogP contribution in [0.3, 0.4) is 0 Å². The highest BCUT2D eigenvalue weighted by molar-refractivity contribution is 7.92. The van der Waals surface area contributed by atoms with Gasteiger partial charge in [0.1, 0.15) is 11.8 Å². The van der Waals surface area contributed by atoms with Gasteiger partial charge in [0.15, 0.2) is 0 Å². The van der Waals surface area contributed by atoms with Crippen molar-refractivity contribution < 1.29 is 13.2 Å². The third-order valence-electron chi connectivity index (χ3n) is 3.98. The maximum absolute atomic E-state index is 11.3. The Bertz CT molecular complexity index is 1090. The fourth-order valence-electron chi connectivity index (χ4n) is 2.90. The van der Waals surface area contributed by atoms with Gasteiger partial charge in [0.2, 0.25) is 10.0 Å². The average Bonchev–Trinajstić information content (AvgIpc) is 2.86. The summed E-state index contributed by atoms with van der Waals surface area (Å²) in [6.07, 6.45) is 1.10. The molecule has 3 aromatic rings. The zero-order valence-electron chi connectivity index (χ0n) is 14.1. The molecule has 0 aliphatic heterocycles. The molecule has 0 atom stereocenters. The molecule has 6 nitrogen and oxygen atoms in total. The summed E-state index contributed by atoms with van der Waals surface area (Å²) in [4.78, 5) is 0. The van der Waals surface area contributed by atoms with E-state index in [1.807, 2.05) is 29.8 Å². The first-order chi connectivity index (χ1) is 11.8. The molecule has 0 saturated carbocycles. The summed E-state index contributed by atoms with van der Waals surface area (Å²) < 4.78 is 32.3. The van der Waals surface area contributed by atoms with E-state index in [1.54, 1.807) is 31.4 Å². The van der Waals surface area contributed by atoms with Crippen molar-refractivity contribution in [2.24, 2.45) is 7.05 Å². The molecule has 1 N–H and O–H groups in total. The van der Waals surface area contributed by atoms with Crippen molar-refractivity contribution in [3.05, 3.63) is 48.0 Å². The molecule has 25 heavy (non-hydrogen) atoms. The van der Waals surface area contributed by atoms with Crippen molar-refractivity contribution in [2.45, 2.75) is 0 Å². The van der Waals surface area contributed by atoms with Crippen LogP contribution in [-0.2, 0) is 17.1 Å². The molecule has 2 aromatic carbocycles. The molecule has 7 heteroatoms. The Balaban J connectivity index is 2.15. The molecule has 0 radical (unpaired) electrons. The van der Waals surface area contributed by atoms with Gasteiger partial charge in [-0.3, -0.25) is 4.72 Å². The molecule has 0 saturated heterocycles. The maximum atomic E-state index is 11.3. The average molecular weight is 355 g/mol. The number of hydrogen-bond donors (Lipinski definition) is 1. The highest BCUT2D eigenvalue weighted by atomic mass is 32.2. The number of ether oxygens (including phenoxy) is 1. The lowest BCUT2D eigenvalue weighted by atomic mass is 10.1. The summed E-state index contributed by atoms with van der Waals surface area (Å²) in [5.41, 5.74) is 3.54. The maximum Gasteiger partial charge on any atom is 0.229 e. The molecular weight excluding hydrogens is 338 g/mol. The molecule has 0 spiro atoms. The fraction of sp³-hybridized carbons (Fsp3) is 0.167. The number of aryl methyl sites for hydroxylation is 1. The Kier molecular flexibility index (Phi) is 4.15. The lowest BCUT2D eigenvalue weighted by Gasteiger charge is -2.08. The standard InChI is InChI=1S/C18H17N3O3S/c1-21-17-10-14(24-2)8-9-15(17)16(11-19)18(21)12-4-6-13(7-5-12)20-25(3,22)23/h4-10,20H,1-3H3. The molecule has 1 heterocycles. The topological polar surface area (TPSA) is 84.1 Å². The van der Waals surface area contributed by atoms with E-state index < -0.39 is 10.0 Å². The summed E-state index contributed by atoms with van der Waals surface area (Å²) in [7, 11) is 0.165. The summed E-state index contributed by atoms with van der Waals surface area (Å²) >= 11 is 0. The van der Waals surface area contributed by atoms with Gasteiger partial charge in [0.25, 0.3) is 0 Å². The number of benzene rings is 2. The van der Waals surface area contributed by atoms with Crippen molar-refractivity contribution in [1.29, 1.82) is 5.26 Å². The van der Waals surface area contributed by atoms with Crippen LogP contribution in [0, 0.1) is 11.3 Å². The number of nitrogens with zero attached hydrogens (tertiary/aromatic N) is 2. The van der Waals surface area contributed by atoms with Crippen LogP contribution in [0.25, 0.3) is 22.2 Å². The highest BCUT2D eigenvalue weighted by Gasteiger charge is 2.17. The minimum absolute atomic E-state index is 0.477. The number of rotatable bonds is 4. The van der Waals surface area contributed by atoms with E-state index in [0.29, 0.717) is 11.3 Å². The molecule has 3 rings (SSSR count). The summed E-state index contributed by atoms with van der Waals surface area (Å²) in [5, 5.41) is 10.5. The predicted molar refractivity (Wildman–Crippen MR) is 98.1 cm³/mol. The van der Waals surface area contributed by atoms with Gasteiger partial charge < -0.3 is 9.30 Å². The number of nitrogens with one attached hydrogen (secondary N) is 1. The molecule has 0 bridgehead atoms. The van der Waals surface area contributed by atoms with Gasteiger partial charge in [0.05, 0.1) is 30.1 Å². The minimum atomic E-state index is -3.33. The summed E-state index contributed by atoms with van der Waals surface area (Å²) in [6.45, 7) is 0. The minimum Gasteiger partial charge on any atom is -0.497 e. The van der Waals surface area contributed by atoms with Gasteiger partial charge in [-0.1, -0.05) is 12.1 Å². The van der Waals surface area contributed by atoms with E-state index >= 15 is 0 Å². The van der Waals surface area contributed by atoms with Crippen LogP contribution >= 0.6 is 0 Å². The van der Waals surface area contributed by atoms with Crippen molar-refractivity contribution in [1.82, 2.24) is 4.57 Å². The third-order valence-corrected chi connectivity index (χ3v) is 4.59. The van der Waals surface area contributed by atoms with Gasteiger partial charge >= 0.3 is 0 Å².